The molecule has 0 saturated carbocycles. The highest BCUT2D eigenvalue weighted by atomic mass is 16.5. The highest BCUT2D eigenvalue weighted by Crippen LogP contribution is 2.28. The van der Waals surface area contributed by atoms with Crippen molar-refractivity contribution in [2.24, 2.45) is 0 Å². The van der Waals surface area contributed by atoms with Gasteiger partial charge in [-0.15, -0.1) is 0 Å². The summed E-state index contributed by atoms with van der Waals surface area (Å²) in [6, 6.07) is 15.4. The van der Waals surface area contributed by atoms with Crippen molar-refractivity contribution >= 4 is 10.9 Å². The van der Waals surface area contributed by atoms with Crippen LogP contribution in [0.2, 0.25) is 0 Å². The fourth-order valence-electron chi connectivity index (χ4n) is 2.83. The lowest BCUT2D eigenvalue weighted by molar-refractivity contribution is 0.292. The molecule has 0 bridgehead atoms. The second-order valence-electron chi connectivity index (χ2n) is 5.81. The van der Waals surface area contributed by atoms with Crippen molar-refractivity contribution in [2.45, 2.75) is 26.5 Å². The lowest BCUT2D eigenvalue weighted by Gasteiger charge is -2.15. The quantitative estimate of drug-likeness (QED) is 0.753. The van der Waals surface area contributed by atoms with Crippen molar-refractivity contribution in [2.75, 3.05) is 7.11 Å². The molecule has 0 unspecified atom stereocenters. The van der Waals surface area contributed by atoms with Crippen molar-refractivity contribution in [3.05, 3.63) is 54.2 Å². The first-order chi connectivity index (χ1) is 11.1. The molecule has 1 heterocycles. The molecular formula is C19H21NO3. The largest absolute Gasteiger partial charge is 0.508 e. The number of phenolic OH excluding ortho intramolecular Hbond substituents is 1. The summed E-state index contributed by atoms with van der Waals surface area (Å²) in [6.45, 7) is 4.76. The van der Waals surface area contributed by atoms with E-state index in [1.165, 1.54) is 0 Å². The van der Waals surface area contributed by atoms with Crippen LogP contribution in [-0.2, 0) is 6.61 Å². The Kier molecular flexibility index (Phi) is 4.15. The number of methoxy groups -OCH3 is 1. The van der Waals surface area contributed by atoms with Gasteiger partial charge in [0.1, 0.15) is 23.9 Å². The van der Waals surface area contributed by atoms with Gasteiger partial charge in [0.05, 0.1) is 12.8 Å². The predicted molar refractivity (Wildman–Crippen MR) is 91.3 cm³/mol. The highest BCUT2D eigenvalue weighted by molar-refractivity contribution is 5.83. The lowest BCUT2D eigenvalue weighted by atomic mass is 10.2. The number of benzene rings is 2. The van der Waals surface area contributed by atoms with E-state index in [0.29, 0.717) is 12.6 Å². The van der Waals surface area contributed by atoms with Crippen LogP contribution in [0.15, 0.2) is 48.5 Å². The summed E-state index contributed by atoms with van der Waals surface area (Å²) in [5.74, 6) is 1.89. The lowest BCUT2D eigenvalue weighted by Crippen LogP contribution is -2.08. The number of fused-ring (bicyclic) bond motifs is 1. The molecule has 0 amide bonds. The average Bonchev–Trinajstić information content (AvgIpc) is 2.91. The first-order valence-corrected chi connectivity index (χ1v) is 7.68. The fourth-order valence-corrected chi connectivity index (χ4v) is 2.83. The zero-order valence-electron chi connectivity index (χ0n) is 13.6. The zero-order chi connectivity index (χ0) is 16.4. The van der Waals surface area contributed by atoms with Gasteiger partial charge >= 0.3 is 0 Å². The Morgan fingerprint density at radius 1 is 1.00 bits per heavy atom. The molecule has 0 saturated heterocycles. The minimum atomic E-state index is 0.279. The summed E-state index contributed by atoms with van der Waals surface area (Å²) in [6.07, 6.45) is 0. The molecule has 0 radical (unpaired) electrons. The van der Waals surface area contributed by atoms with Crippen LogP contribution in [0.5, 0.6) is 17.2 Å². The zero-order valence-corrected chi connectivity index (χ0v) is 13.6. The van der Waals surface area contributed by atoms with Crippen molar-refractivity contribution in [1.82, 2.24) is 4.57 Å². The molecule has 0 aliphatic heterocycles. The number of ether oxygens (including phenoxy) is 2. The Labute approximate surface area is 135 Å². The molecule has 1 aromatic heterocycles. The van der Waals surface area contributed by atoms with E-state index in [2.05, 4.69) is 24.5 Å². The third-order valence-electron chi connectivity index (χ3n) is 3.86. The van der Waals surface area contributed by atoms with Crippen molar-refractivity contribution < 1.29 is 14.6 Å². The molecule has 120 valence electrons. The van der Waals surface area contributed by atoms with E-state index in [1.807, 2.05) is 30.3 Å². The predicted octanol–water partition coefficient (Wildman–Crippen LogP) is 4.52. The number of rotatable bonds is 5. The highest BCUT2D eigenvalue weighted by Gasteiger charge is 2.12. The molecule has 23 heavy (non-hydrogen) atoms. The monoisotopic (exact) mass is 311 g/mol. The van der Waals surface area contributed by atoms with Crippen LogP contribution in [0.1, 0.15) is 25.6 Å². The molecule has 0 aliphatic rings. The molecule has 0 atom stereocenters. The van der Waals surface area contributed by atoms with E-state index >= 15 is 0 Å². The van der Waals surface area contributed by atoms with Gasteiger partial charge in [-0.2, -0.15) is 0 Å². The number of aromatic hydroxyl groups is 1. The number of hydrogen-bond donors (Lipinski definition) is 1. The van der Waals surface area contributed by atoms with Gasteiger partial charge in [-0.25, -0.2) is 0 Å². The van der Waals surface area contributed by atoms with Crippen LogP contribution in [0.25, 0.3) is 10.9 Å². The maximum Gasteiger partial charge on any atom is 0.128 e. The molecule has 3 aromatic rings. The molecule has 4 heteroatoms. The topological polar surface area (TPSA) is 43.6 Å². The third-order valence-corrected chi connectivity index (χ3v) is 3.86. The molecule has 2 aromatic carbocycles. The molecule has 1 N–H and O–H groups in total. The van der Waals surface area contributed by atoms with E-state index in [0.717, 1.165) is 28.1 Å². The summed E-state index contributed by atoms with van der Waals surface area (Å²) in [7, 11) is 1.65. The maximum absolute atomic E-state index is 9.67. The molecule has 0 aliphatic carbocycles. The van der Waals surface area contributed by atoms with Crippen molar-refractivity contribution in [3.63, 3.8) is 0 Å². The Balaban J connectivity index is 1.87. The summed E-state index contributed by atoms with van der Waals surface area (Å²) >= 11 is 0. The van der Waals surface area contributed by atoms with E-state index in [1.54, 1.807) is 19.2 Å². The van der Waals surface area contributed by atoms with Crippen LogP contribution >= 0.6 is 0 Å². The SMILES string of the molecule is COc1ccc(OCc2cc3cc(O)ccc3n2C(C)C)cc1. The molecule has 4 nitrogen and oxygen atoms in total. The Bertz CT molecular complexity index is 803. The molecule has 0 fully saturated rings. The normalized spacial score (nSPS) is 11.1. The number of nitrogens with zero attached hydrogens (tertiary/aromatic N) is 1. The minimum Gasteiger partial charge on any atom is -0.508 e. The Morgan fingerprint density at radius 3 is 2.35 bits per heavy atom. The van der Waals surface area contributed by atoms with Gasteiger partial charge in [0.2, 0.25) is 0 Å². The molecule has 3 rings (SSSR count). The van der Waals surface area contributed by atoms with Gasteiger partial charge in [0, 0.05) is 16.9 Å². The first kappa shape index (κ1) is 15.3. The van der Waals surface area contributed by atoms with Crippen LogP contribution < -0.4 is 9.47 Å². The summed E-state index contributed by atoms with van der Waals surface area (Å²) in [4.78, 5) is 0. The summed E-state index contributed by atoms with van der Waals surface area (Å²) in [5.41, 5.74) is 2.18. The Hall–Kier alpha value is -2.62. The van der Waals surface area contributed by atoms with Crippen LogP contribution in [0.3, 0.4) is 0 Å². The average molecular weight is 311 g/mol. The molecule has 0 spiro atoms. The second-order valence-corrected chi connectivity index (χ2v) is 5.81. The number of aromatic nitrogens is 1. The van der Waals surface area contributed by atoms with Gasteiger partial charge in [0.15, 0.2) is 0 Å². The number of hydrogen-bond acceptors (Lipinski definition) is 3. The number of phenols is 1. The van der Waals surface area contributed by atoms with E-state index in [-0.39, 0.29) is 5.75 Å². The van der Waals surface area contributed by atoms with Gasteiger partial charge < -0.3 is 19.1 Å². The third kappa shape index (κ3) is 3.11. The van der Waals surface area contributed by atoms with Crippen molar-refractivity contribution in [1.29, 1.82) is 0 Å². The van der Waals surface area contributed by atoms with Gasteiger partial charge in [-0.05, 0) is 62.4 Å². The van der Waals surface area contributed by atoms with E-state index in [9.17, 15) is 5.11 Å². The standard InChI is InChI=1S/C19H21NO3/c1-13(2)20-15(10-14-11-16(21)4-9-19(14)20)12-23-18-7-5-17(22-3)6-8-18/h4-11,13,21H,12H2,1-3H3. The first-order valence-electron chi connectivity index (χ1n) is 7.68. The minimum absolute atomic E-state index is 0.279. The summed E-state index contributed by atoms with van der Waals surface area (Å²) in [5, 5.41) is 10.7. The van der Waals surface area contributed by atoms with Crippen molar-refractivity contribution in [3.8, 4) is 17.2 Å². The van der Waals surface area contributed by atoms with Gasteiger partial charge in [0.25, 0.3) is 0 Å². The second kappa shape index (κ2) is 6.24. The van der Waals surface area contributed by atoms with Gasteiger partial charge in [-0.3, -0.25) is 0 Å². The Morgan fingerprint density at radius 2 is 1.70 bits per heavy atom. The van der Waals surface area contributed by atoms with E-state index < -0.39 is 0 Å². The van der Waals surface area contributed by atoms with Gasteiger partial charge in [-0.1, -0.05) is 0 Å². The smallest absolute Gasteiger partial charge is 0.128 e. The molecular weight excluding hydrogens is 290 g/mol. The van der Waals surface area contributed by atoms with Crippen LogP contribution in [0.4, 0.5) is 0 Å². The van der Waals surface area contributed by atoms with E-state index in [4.69, 9.17) is 9.47 Å². The fraction of sp³-hybridized carbons (Fsp3) is 0.263. The maximum atomic E-state index is 9.67. The summed E-state index contributed by atoms with van der Waals surface area (Å²) < 4.78 is 13.3. The van der Waals surface area contributed by atoms with Crippen LogP contribution in [0, 0.1) is 0 Å². The van der Waals surface area contributed by atoms with Crippen LogP contribution in [-0.4, -0.2) is 16.8 Å².